The number of halogens is 2. The number of aromatic nitrogens is 2. The molecule has 0 bridgehead atoms. The van der Waals surface area contributed by atoms with Gasteiger partial charge in [0.25, 0.3) is 0 Å². The molecule has 1 aromatic carbocycles. The van der Waals surface area contributed by atoms with Crippen molar-refractivity contribution in [3.05, 3.63) is 29.0 Å². The predicted molar refractivity (Wildman–Crippen MR) is 87.2 cm³/mol. The Morgan fingerprint density at radius 1 is 1.48 bits per heavy atom. The maximum absolute atomic E-state index is 12.2. The Kier molecular flexibility index (Phi) is 5.48. The zero-order chi connectivity index (χ0) is 15.4. The number of benzene rings is 1. The Balaban J connectivity index is 2.44. The topological polar surface area (TPSA) is 46.9 Å². The fourth-order valence-electron chi connectivity index (χ4n) is 2.33. The number of fused-ring (bicyclic) bond motifs is 1. The maximum atomic E-state index is 12.2. The lowest BCUT2D eigenvalue weighted by atomic mass is 10.2. The summed E-state index contributed by atoms with van der Waals surface area (Å²) in [5, 5.41) is 3.55. The van der Waals surface area contributed by atoms with Gasteiger partial charge in [-0.3, -0.25) is 4.79 Å². The maximum Gasteiger partial charge on any atom is 0.242 e. The molecule has 2 rings (SSSR count). The summed E-state index contributed by atoms with van der Waals surface area (Å²) >= 11 is 11.9. The largest absolute Gasteiger partial charge is 0.354 e. The molecule has 0 aliphatic rings. The molecule has 1 unspecified atom stereocenters. The Labute approximate surface area is 134 Å². The Bertz CT molecular complexity index is 639. The third kappa shape index (κ3) is 3.50. The van der Waals surface area contributed by atoms with Gasteiger partial charge in [-0.1, -0.05) is 18.5 Å². The minimum absolute atomic E-state index is 0.0121. The number of carbonyl (C=O) groups is 1. The first-order chi connectivity index (χ1) is 10.1. The third-order valence-electron chi connectivity index (χ3n) is 3.36. The summed E-state index contributed by atoms with van der Waals surface area (Å²) in [4.78, 5) is 16.8. The number of nitrogens with zero attached hydrogens (tertiary/aromatic N) is 2. The van der Waals surface area contributed by atoms with Crippen LogP contribution >= 0.6 is 23.2 Å². The van der Waals surface area contributed by atoms with Gasteiger partial charge in [0.15, 0.2) is 0 Å². The van der Waals surface area contributed by atoms with Crippen molar-refractivity contribution in [2.75, 3.05) is 12.4 Å². The van der Waals surface area contributed by atoms with Gasteiger partial charge in [-0.2, -0.15) is 0 Å². The highest BCUT2D eigenvalue weighted by atomic mass is 35.5. The molecule has 21 heavy (non-hydrogen) atoms. The minimum atomic E-state index is -0.332. The van der Waals surface area contributed by atoms with Crippen LogP contribution in [-0.2, 0) is 11.2 Å². The summed E-state index contributed by atoms with van der Waals surface area (Å²) in [5.41, 5.74) is 1.69. The summed E-state index contributed by atoms with van der Waals surface area (Å²) in [6.07, 6.45) is 1.52. The zero-order valence-electron chi connectivity index (χ0n) is 12.2. The summed E-state index contributed by atoms with van der Waals surface area (Å²) in [6, 6.07) is 5.18. The van der Waals surface area contributed by atoms with Crippen molar-refractivity contribution in [1.29, 1.82) is 0 Å². The monoisotopic (exact) mass is 327 g/mol. The number of aryl methyl sites for hydroxylation is 1. The molecular formula is C15H19Cl2N3O. The standard InChI is InChI=1S/C15H19Cl2N3O/c1-3-8-18-15(21)10(2)20-13-5-4-11(17)9-12(13)19-14(20)6-7-16/h4-5,9-10H,3,6-8H2,1-2H3,(H,18,21). The van der Waals surface area contributed by atoms with Crippen molar-refractivity contribution >= 4 is 40.1 Å². The SMILES string of the molecule is CCCNC(=O)C(C)n1c(CCCl)nc2cc(Cl)ccc21. The van der Waals surface area contributed by atoms with Crippen LogP contribution in [0.2, 0.25) is 5.02 Å². The molecule has 4 nitrogen and oxygen atoms in total. The van der Waals surface area contributed by atoms with E-state index in [1.807, 2.05) is 36.6 Å². The van der Waals surface area contributed by atoms with Gasteiger partial charge in [-0.05, 0) is 31.5 Å². The molecule has 2 aromatic rings. The van der Waals surface area contributed by atoms with Crippen molar-refractivity contribution in [1.82, 2.24) is 14.9 Å². The van der Waals surface area contributed by atoms with Crippen LogP contribution in [0.25, 0.3) is 11.0 Å². The summed E-state index contributed by atoms with van der Waals surface area (Å²) in [7, 11) is 0. The number of carbonyl (C=O) groups excluding carboxylic acids is 1. The fourth-order valence-corrected chi connectivity index (χ4v) is 2.66. The highest BCUT2D eigenvalue weighted by molar-refractivity contribution is 6.31. The lowest BCUT2D eigenvalue weighted by Gasteiger charge is -2.17. The second kappa shape index (κ2) is 7.14. The molecular weight excluding hydrogens is 309 g/mol. The van der Waals surface area contributed by atoms with E-state index < -0.39 is 0 Å². The number of rotatable bonds is 6. The number of amides is 1. The first kappa shape index (κ1) is 16.1. The molecule has 0 spiro atoms. The van der Waals surface area contributed by atoms with Gasteiger partial charge < -0.3 is 9.88 Å². The van der Waals surface area contributed by atoms with E-state index in [1.165, 1.54) is 0 Å². The zero-order valence-corrected chi connectivity index (χ0v) is 13.7. The summed E-state index contributed by atoms with van der Waals surface area (Å²) in [5.74, 6) is 1.25. The molecule has 0 aliphatic heterocycles. The highest BCUT2D eigenvalue weighted by Crippen LogP contribution is 2.24. The molecule has 0 saturated heterocycles. The van der Waals surface area contributed by atoms with Crippen molar-refractivity contribution in [2.45, 2.75) is 32.7 Å². The highest BCUT2D eigenvalue weighted by Gasteiger charge is 2.21. The van der Waals surface area contributed by atoms with Crippen molar-refractivity contribution in [3.63, 3.8) is 0 Å². The summed E-state index contributed by atoms with van der Waals surface area (Å²) < 4.78 is 1.94. The van der Waals surface area contributed by atoms with Crippen LogP contribution in [-0.4, -0.2) is 27.9 Å². The molecule has 1 atom stereocenters. The number of hydrogen-bond acceptors (Lipinski definition) is 2. The van der Waals surface area contributed by atoms with E-state index in [4.69, 9.17) is 23.2 Å². The van der Waals surface area contributed by atoms with E-state index in [2.05, 4.69) is 10.3 Å². The van der Waals surface area contributed by atoms with E-state index in [0.29, 0.717) is 23.9 Å². The summed E-state index contributed by atoms with van der Waals surface area (Å²) in [6.45, 7) is 4.57. The minimum Gasteiger partial charge on any atom is -0.354 e. The second-order valence-electron chi connectivity index (χ2n) is 4.94. The lowest BCUT2D eigenvalue weighted by molar-refractivity contribution is -0.123. The van der Waals surface area contributed by atoms with Crippen LogP contribution in [0.15, 0.2) is 18.2 Å². The van der Waals surface area contributed by atoms with Crippen LogP contribution in [0, 0.1) is 0 Å². The molecule has 0 aliphatic carbocycles. The van der Waals surface area contributed by atoms with Gasteiger partial charge >= 0.3 is 0 Å². The number of alkyl halides is 1. The molecule has 1 aromatic heterocycles. The smallest absolute Gasteiger partial charge is 0.242 e. The average Bonchev–Trinajstić information content (AvgIpc) is 2.81. The van der Waals surface area contributed by atoms with Crippen LogP contribution < -0.4 is 5.32 Å². The van der Waals surface area contributed by atoms with Gasteiger partial charge in [-0.25, -0.2) is 4.98 Å². The van der Waals surface area contributed by atoms with E-state index >= 15 is 0 Å². The predicted octanol–water partition coefficient (Wildman–Crippen LogP) is 3.56. The van der Waals surface area contributed by atoms with Crippen molar-refractivity contribution in [2.24, 2.45) is 0 Å². The first-order valence-corrected chi connectivity index (χ1v) is 7.99. The van der Waals surface area contributed by atoms with Crippen LogP contribution in [0.3, 0.4) is 0 Å². The number of imidazole rings is 1. The molecule has 1 amide bonds. The molecule has 0 saturated carbocycles. The molecule has 114 valence electrons. The van der Waals surface area contributed by atoms with E-state index in [1.54, 1.807) is 0 Å². The van der Waals surface area contributed by atoms with Crippen LogP contribution in [0.1, 0.15) is 32.1 Å². The van der Waals surface area contributed by atoms with Gasteiger partial charge in [0.1, 0.15) is 11.9 Å². The average molecular weight is 328 g/mol. The third-order valence-corrected chi connectivity index (χ3v) is 3.78. The van der Waals surface area contributed by atoms with E-state index in [9.17, 15) is 4.79 Å². The van der Waals surface area contributed by atoms with E-state index in [0.717, 1.165) is 23.3 Å². The van der Waals surface area contributed by atoms with Gasteiger partial charge in [0, 0.05) is 23.9 Å². The van der Waals surface area contributed by atoms with Crippen molar-refractivity contribution in [3.8, 4) is 0 Å². The Hall–Kier alpha value is -1.26. The van der Waals surface area contributed by atoms with Crippen LogP contribution in [0.5, 0.6) is 0 Å². The van der Waals surface area contributed by atoms with Gasteiger partial charge in [-0.15, -0.1) is 11.6 Å². The molecule has 1 N–H and O–H groups in total. The molecule has 6 heteroatoms. The normalized spacial score (nSPS) is 12.6. The van der Waals surface area contributed by atoms with Crippen LogP contribution in [0.4, 0.5) is 0 Å². The van der Waals surface area contributed by atoms with Gasteiger partial charge in [0.05, 0.1) is 11.0 Å². The Morgan fingerprint density at radius 3 is 2.90 bits per heavy atom. The number of nitrogens with one attached hydrogen (secondary N) is 1. The fraction of sp³-hybridized carbons (Fsp3) is 0.467. The quantitative estimate of drug-likeness (QED) is 0.824. The second-order valence-corrected chi connectivity index (χ2v) is 5.75. The van der Waals surface area contributed by atoms with Crippen molar-refractivity contribution < 1.29 is 4.79 Å². The van der Waals surface area contributed by atoms with E-state index in [-0.39, 0.29) is 11.9 Å². The molecule has 0 radical (unpaired) electrons. The molecule has 1 heterocycles. The lowest BCUT2D eigenvalue weighted by Crippen LogP contribution is -2.32. The molecule has 0 fully saturated rings. The first-order valence-electron chi connectivity index (χ1n) is 7.08. The number of hydrogen-bond donors (Lipinski definition) is 1. The van der Waals surface area contributed by atoms with Gasteiger partial charge in [0.2, 0.25) is 5.91 Å². The Morgan fingerprint density at radius 2 is 2.24 bits per heavy atom.